The Balaban J connectivity index is 2.43. The van der Waals surface area contributed by atoms with Crippen LogP contribution in [0.4, 0.5) is 26.3 Å². The maximum absolute atomic E-state index is 14.1. The lowest BCUT2D eigenvalue weighted by atomic mass is 9.96. The smallest absolute Gasteiger partial charge is 0.390 e. The fourth-order valence-corrected chi connectivity index (χ4v) is 2.64. The standard InChI is InChI=1S/C14H16F6N2O/c15-11-7-9(14(18,19)20)1-2-10(11)12(13(16,17)8-23)22-5-3-21-4-6-22/h1-2,7,12,21,23H,3-6,8H2/t12-/m0/s1. The molecule has 1 aliphatic rings. The Morgan fingerprint density at radius 3 is 2.22 bits per heavy atom. The van der Waals surface area contributed by atoms with Crippen LogP contribution in [0.3, 0.4) is 0 Å². The summed E-state index contributed by atoms with van der Waals surface area (Å²) in [6.45, 7) is -0.413. The minimum Gasteiger partial charge on any atom is -0.390 e. The van der Waals surface area contributed by atoms with E-state index in [1.807, 2.05) is 0 Å². The van der Waals surface area contributed by atoms with E-state index in [1.54, 1.807) is 0 Å². The van der Waals surface area contributed by atoms with Crippen LogP contribution in [0.1, 0.15) is 17.2 Å². The third-order valence-corrected chi connectivity index (χ3v) is 3.75. The van der Waals surface area contributed by atoms with Crippen LogP contribution in [0.25, 0.3) is 0 Å². The number of benzene rings is 1. The topological polar surface area (TPSA) is 35.5 Å². The van der Waals surface area contributed by atoms with Crippen LogP contribution < -0.4 is 5.32 Å². The third-order valence-electron chi connectivity index (χ3n) is 3.75. The summed E-state index contributed by atoms with van der Waals surface area (Å²) in [6, 6.07) is -0.329. The van der Waals surface area contributed by atoms with Gasteiger partial charge in [0.25, 0.3) is 5.92 Å². The minimum atomic E-state index is -4.76. The predicted octanol–water partition coefficient (Wildman–Crippen LogP) is 2.42. The molecule has 1 aromatic carbocycles. The number of piperazine rings is 1. The normalized spacial score (nSPS) is 18.9. The van der Waals surface area contributed by atoms with Crippen molar-refractivity contribution in [2.45, 2.75) is 18.1 Å². The van der Waals surface area contributed by atoms with Crippen molar-refractivity contribution in [3.05, 3.63) is 35.1 Å². The number of alkyl halides is 5. The maximum Gasteiger partial charge on any atom is 0.416 e. The van der Waals surface area contributed by atoms with Crippen molar-refractivity contribution in [1.29, 1.82) is 0 Å². The Morgan fingerprint density at radius 2 is 1.74 bits per heavy atom. The Labute approximate surface area is 128 Å². The monoisotopic (exact) mass is 342 g/mol. The van der Waals surface area contributed by atoms with Crippen LogP contribution in [0.5, 0.6) is 0 Å². The van der Waals surface area contributed by atoms with E-state index in [0.717, 1.165) is 0 Å². The van der Waals surface area contributed by atoms with Crippen molar-refractivity contribution < 1.29 is 31.4 Å². The lowest BCUT2D eigenvalue weighted by Gasteiger charge is -2.38. The second kappa shape index (κ2) is 6.66. The summed E-state index contributed by atoms with van der Waals surface area (Å²) >= 11 is 0. The van der Waals surface area contributed by atoms with E-state index in [4.69, 9.17) is 5.11 Å². The van der Waals surface area contributed by atoms with Gasteiger partial charge in [-0.05, 0) is 12.1 Å². The number of hydrogen-bond donors (Lipinski definition) is 2. The summed E-state index contributed by atoms with van der Waals surface area (Å²) in [5, 5.41) is 11.9. The molecule has 0 radical (unpaired) electrons. The van der Waals surface area contributed by atoms with Crippen molar-refractivity contribution >= 4 is 0 Å². The van der Waals surface area contributed by atoms with E-state index in [2.05, 4.69) is 5.32 Å². The molecule has 0 unspecified atom stereocenters. The molecule has 2 rings (SSSR count). The summed E-state index contributed by atoms with van der Waals surface area (Å²) in [5.74, 6) is -5.05. The van der Waals surface area contributed by atoms with Gasteiger partial charge in [-0.1, -0.05) is 6.07 Å². The van der Waals surface area contributed by atoms with Gasteiger partial charge in [-0.2, -0.15) is 13.2 Å². The lowest BCUT2D eigenvalue weighted by Crippen LogP contribution is -2.51. The van der Waals surface area contributed by atoms with Crippen LogP contribution in [0.2, 0.25) is 0 Å². The zero-order valence-electron chi connectivity index (χ0n) is 12.0. The van der Waals surface area contributed by atoms with Crippen LogP contribution >= 0.6 is 0 Å². The van der Waals surface area contributed by atoms with E-state index in [9.17, 15) is 26.3 Å². The minimum absolute atomic E-state index is 0.167. The fourth-order valence-electron chi connectivity index (χ4n) is 2.64. The molecule has 0 spiro atoms. The highest BCUT2D eigenvalue weighted by molar-refractivity contribution is 5.30. The van der Waals surface area contributed by atoms with Crippen molar-refractivity contribution in [3.8, 4) is 0 Å². The highest BCUT2D eigenvalue weighted by atomic mass is 19.4. The molecule has 9 heteroatoms. The number of nitrogens with zero attached hydrogens (tertiary/aromatic N) is 1. The number of nitrogens with one attached hydrogen (secondary N) is 1. The Hall–Kier alpha value is -1.32. The molecule has 0 aromatic heterocycles. The molecular weight excluding hydrogens is 326 g/mol. The summed E-state index contributed by atoms with van der Waals surface area (Å²) < 4.78 is 80.0. The van der Waals surface area contributed by atoms with E-state index in [-0.39, 0.29) is 19.2 Å². The molecule has 0 bridgehead atoms. The zero-order valence-corrected chi connectivity index (χ0v) is 12.0. The molecule has 1 saturated heterocycles. The molecule has 3 nitrogen and oxygen atoms in total. The molecule has 1 aliphatic heterocycles. The van der Waals surface area contributed by atoms with Gasteiger partial charge in [0.05, 0.1) is 5.56 Å². The van der Waals surface area contributed by atoms with Gasteiger partial charge in [0.2, 0.25) is 0 Å². The molecule has 1 heterocycles. The molecule has 1 aromatic rings. The summed E-state index contributed by atoms with van der Waals surface area (Å²) in [7, 11) is 0. The first-order valence-corrected chi connectivity index (χ1v) is 6.97. The summed E-state index contributed by atoms with van der Waals surface area (Å²) in [4.78, 5) is 1.26. The molecule has 23 heavy (non-hydrogen) atoms. The summed E-state index contributed by atoms with van der Waals surface area (Å²) in [5.41, 5.74) is -1.80. The van der Waals surface area contributed by atoms with Gasteiger partial charge >= 0.3 is 6.18 Å². The van der Waals surface area contributed by atoms with E-state index < -0.39 is 41.7 Å². The Morgan fingerprint density at radius 1 is 1.13 bits per heavy atom. The third kappa shape index (κ3) is 3.96. The van der Waals surface area contributed by atoms with Gasteiger partial charge in [-0.15, -0.1) is 0 Å². The van der Waals surface area contributed by atoms with Crippen molar-refractivity contribution in [1.82, 2.24) is 10.2 Å². The van der Waals surface area contributed by atoms with Crippen molar-refractivity contribution in [2.24, 2.45) is 0 Å². The molecule has 2 N–H and O–H groups in total. The van der Waals surface area contributed by atoms with Gasteiger partial charge < -0.3 is 10.4 Å². The maximum atomic E-state index is 14.1. The quantitative estimate of drug-likeness (QED) is 0.825. The molecule has 1 fully saturated rings. The highest BCUT2D eigenvalue weighted by Crippen LogP contribution is 2.39. The molecule has 0 aliphatic carbocycles. The van der Waals surface area contributed by atoms with Crippen molar-refractivity contribution in [3.63, 3.8) is 0 Å². The SMILES string of the molecule is OCC(F)(F)[C@H](c1ccc(C(F)(F)F)cc1F)N1CCNCC1. The number of halogens is 6. The van der Waals surface area contributed by atoms with Crippen LogP contribution in [0, 0.1) is 5.82 Å². The second-order valence-electron chi connectivity index (χ2n) is 5.34. The van der Waals surface area contributed by atoms with E-state index in [0.29, 0.717) is 25.2 Å². The van der Waals surface area contributed by atoms with E-state index in [1.165, 1.54) is 4.90 Å². The number of rotatable bonds is 4. The zero-order chi connectivity index (χ0) is 17.3. The first-order valence-electron chi connectivity index (χ1n) is 6.97. The van der Waals surface area contributed by atoms with Gasteiger partial charge in [-0.25, -0.2) is 13.2 Å². The Kier molecular flexibility index (Phi) is 5.22. The van der Waals surface area contributed by atoms with Crippen LogP contribution in [-0.2, 0) is 6.18 Å². The average molecular weight is 342 g/mol. The lowest BCUT2D eigenvalue weighted by molar-refractivity contribution is -0.137. The van der Waals surface area contributed by atoms with Crippen molar-refractivity contribution in [2.75, 3.05) is 32.8 Å². The van der Waals surface area contributed by atoms with Crippen LogP contribution in [-0.4, -0.2) is 48.7 Å². The van der Waals surface area contributed by atoms with Crippen LogP contribution in [0.15, 0.2) is 18.2 Å². The fraction of sp³-hybridized carbons (Fsp3) is 0.571. The molecular formula is C14H16F6N2O. The highest BCUT2D eigenvalue weighted by Gasteiger charge is 2.45. The second-order valence-corrected chi connectivity index (χ2v) is 5.34. The molecule has 1 atom stereocenters. The predicted molar refractivity (Wildman–Crippen MR) is 70.6 cm³/mol. The first kappa shape index (κ1) is 18.0. The largest absolute Gasteiger partial charge is 0.416 e. The molecule has 130 valence electrons. The summed E-state index contributed by atoms with van der Waals surface area (Å²) in [6.07, 6.45) is -4.76. The number of aliphatic hydroxyl groups excluding tert-OH is 1. The van der Waals surface area contributed by atoms with E-state index >= 15 is 0 Å². The van der Waals surface area contributed by atoms with Gasteiger partial charge in [0.1, 0.15) is 18.5 Å². The first-order chi connectivity index (χ1) is 10.7. The molecule has 0 amide bonds. The molecule has 0 saturated carbocycles. The van der Waals surface area contributed by atoms with Gasteiger partial charge in [-0.3, -0.25) is 4.90 Å². The Bertz CT molecular complexity index is 543. The average Bonchev–Trinajstić information content (AvgIpc) is 2.49. The van der Waals surface area contributed by atoms with Gasteiger partial charge in [0.15, 0.2) is 0 Å². The van der Waals surface area contributed by atoms with Gasteiger partial charge in [0, 0.05) is 31.7 Å². The number of hydrogen-bond acceptors (Lipinski definition) is 3. The number of aliphatic hydroxyl groups is 1.